The standard InChI is InChI=1S/C40H71NO12/c1-15-16-28-40(12,46)33(43)23(6)31-21(4)18-39(11,53-31)35(52-37-30(42)27(17-22(5)48-37)41(13)20(2)3)24(7)32(25(8)36(45)50-28)51-29-19-38(10,47-14)34(44)26(9)49-29/h20,22-30,32-35,37,42-44,46H,15-19H2,1-14H3/t22-,23+,24+,25-,26+,27+,28?,29?,30-,32+,33-,34?,35-,37?,38-,39-,40-/m1/s1. The van der Waals surface area contributed by atoms with Crippen molar-refractivity contribution in [2.24, 2.45) is 17.8 Å². The molecule has 2 bridgehead atoms. The molecule has 0 aliphatic carbocycles. The number of fused-ring (bicyclic) bond motifs is 2. The van der Waals surface area contributed by atoms with Crippen LogP contribution in [0.2, 0.25) is 0 Å². The van der Waals surface area contributed by atoms with Gasteiger partial charge in [-0.25, -0.2) is 0 Å². The van der Waals surface area contributed by atoms with Gasteiger partial charge in [0.15, 0.2) is 12.6 Å². The quantitative estimate of drug-likeness (QED) is 0.249. The van der Waals surface area contributed by atoms with Crippen molar-refractivity contribution < 1.29 is 58.4 Å². The Morgan fingerprint density at radius 2 is 1.62 bits per heavy atom. The number of carbonyl (C=O) groups is 1. The van der Waals surface area contributed by atoms with Crippen LogP contribution in [-0.2, 0) is 38.0 Å². The molecule has 4 rings (SSSR count). The number of aliphatic hydroxyl groups is 4. The summed E-state index contributed by atoms with van der Waals surface area (Å²) >= 11 is 0. The van der Waals surface area contributed by atoms with Gasteiger partial charge in [-0.3, -0.25) is 9.69 Å². The molecule has 0 amide bonds. The number of cyclic esters (lactones) is 1. The van der Waals surface area contributed by atoms with Crippen LogP contribution < -0.4 is 0 Å². The summed E-state index contributed by atoms with van der Waals surface area (Å²) in [7, 11) is 3.52. The normalized spacial score (nSPS) is 47.5. The van der Waals surface area contributed by atoms with Gasteiger partial charge in [0.2, 0.25) is 0 Å². The third-order valence-corrected chi connectivity index (χ3v) is 12.8. The van der Waals surface area contributed by atoms with Gasteiger partial charge in [0.1, 0.15) is 41.4 Å². The zero-order chi connectivity index (χ0) is 40.0. The Hall–Kier alpha value is -1.39. The molecule has 308 valence electrons. The van der Waals surface area contributed by atoms with Crippen molar-refractivity contribution in [2.75, 3.05) is 14.2 Å². The summed E-state index contributed by atoms with van der Waals surface area (Å²) in [6.07, 6.45) is -6.78. The van der Waals surface area contributed by atoms with Gasteiger partial charge in [0, 0.05) is 43.9 Å². The molecule has 53 heavy (non-hydrogen) atoms. The maximum atomic E-state index is 14.3. The van der Waals surface area contributed by atoms with Crippen molar-refractivity contribution in [1.29, 1.82) is 0 Å². The van der Waals surface area contributed by atoms with E-state index in [1.54, 1.807) is 27.7 Å². The van der Waals surface area contributed by atoms with Gasteiger partial charge in [-0.15, -0.1) is 0 Å². The molecule has 0 radical (unpaired) electrons. The number of aliphatic hydroxyl groups excluding tert-OH is 3. The van der Waals surface area contributed by atoms with Crippen molar-refractivity contribution in [3.63, 3.8) is 0 Å². The van der Waals surface area contributed by atoms with Crippen LogP contribution in [0.15, 0.2) is 11.3 Å². The first-order chi connectivity index (χ1) is 24.5. The lowest BCUT2D eigenvalue weighted by atomic mass is 9.78. The van der Waals surface area contributed by atoms with E-state index < -0.39 is 95.8 Å². The molecule has 4 N–H and O–H groups in total. The zero-order valence-corrected chi connectivity index (χ0v) is 34.7. The molecule has 4 aliphatic rings. The average Bonchev–Trinajstić information content (AvgIpc) is 3.41. The Morgan fingerprint density at radius 1 is 0.981 bits per heavy atom. The highest BCUT2D eigenvalue weighted by Gasteiger charge is 2.56. The molecule has 13 nitrogen and oxygen atoms in total. The molecule has 0 spiro atoms. The van der Waals surface area contributed by atoms with Crippen LogP contribution in [0.25, 0.3) is 0 Å². The molecule has 0 aromatic rings. The van der Waals surface area contributed by atoms with Crippen LogP contribution in [0.1, 0.15) is 115 Å². The largest absolute Gasteiger partial charge is 0.489 e. The van der Waals surface area contributed by atoms with E-state index in [2.05, 4.69) is 18.7 Å². The lowest BCUT2D eigenvalue weighted by molar-refractivity contribution is -0.317. The fourth-order valence-corrected chi connectivity index (χ4v) is 9.12. The molecule has 4 heterocycles. The third kappa shape index (κ3) is 8.95. The van der Waals surface area contributed by atoms with Crippen LogP contribution in [-0.4, -0.2) is 136 Å². The minimum absolute atomic E-state index is 0.162. The molecule has 3 fully saturated rings. The zero-order valence-electron chi connectivity index (χ0n) is 34.7. The maximum Gasteiger partial charge on any atom is 0.311 e. The molecule has 3 saturated heterocycles. The summed E-state index contributed by atoms with van der Waals surface area (Å²) in [5, 5.41) is 46.5. The fourth-order valence-electron chi connectivity index (χ4n) is 9.12. The second-order valence-electron chi connectivity index (χ2n) is 17.5. The van der Waals surface area contributed by atoms with E-state index in [0.717, 1.165) is 5.57 Å². The smallest absolute Gasteiger partial charge is 0.311 e. The predicted octanol–water partition coefficient (Wildman–Crippen LogP) is 4.06. The summed E-state index contributed by atoms with van der Waals surface area (Å²) in [6, 6.07) is -0.0824. The molecule has 4 aliphatic heterocycles. The Morgan fingerprint density at radius 3 is 2.21 bits per heavy atom. The first-order valence-corrected chi connectivity index (χ1v) is 19.8. The highest BCUT2D eigenvalue weighted by Crippen LogP contribution is 2.47. The summed E-state index contributed by atoms with van der Waals surface area (Å²) in [4.78, 5) is 16.4. The summed E-state index contributed by atoms with van der Waals surface area (Å²) < 4.78 is 45.1. The molecule has 4 unspecified atom stereocenters. The SMILES string of the molecule is CCCC1OC(=O)[C@H](C)[C@@H](OC2C[C@@](C)(OC)C(O)[C@H](C)O2)[C@H](C)[C@@H](OC2O[C@H](C)C[C@H](N(C)C(C)C)[C@H]2O)[C@@]2(C)CC(C)=C(O2)[C@H](C)[C@@H](O)[C@]1(C)O. The third-order valence-electron chi connectivity index (χ3n) is 12.8. The summed E-state index contributed by atoms with van der Waals surface area (Å²) in [5.74, 6) is -2.31. The number of methoxy groups -OCH3 is 1. The first-order valence-electron chi connectivity index (χ1n) is 19.8. The van der Waals surface area contributed by atoms with E-state index in [-0.39, 0.29) is 24.6 Å². The number of esters is 1. The average molecular weight is 758 g/mol. The van der Waals surface area contributed by atoms with Gasteiger partial charge < -0.3 is 53.6 Å². The Labute approximate surface area is 317 Å². The fraction of sp³-hybridized carbons (Fsp3) is 0.925. The number of hydrogen-bond donors (Lipinski definition) is 4. The van der Waals surface area contributed by atoms with E-state index in [0.29, 0.717) is 31.4 Å². The first kappa shape index (κ1) is 44.3. The van der Waals surface area contributed by atoms with Crippen LogP contribution in [0, 0.1) is 17.8 Å². The Balaban J connectivity index is 1.85. The molecule has 0 aromatic heterocycles. The van der Waals surface area contributed by atoms with E-state index in [1.807, 2.05) is 41.7 Å². The number of ether oxygens (including phenoxy) is 7. The monoisotopic (exact) mass is 757 g/mol. The second-order valence-corrected chi connectivity index (χ2v) is 17.5. The van der Waals surface area contributed by atoms with Crippen molar-refractivity contribution in [1.82, 2.24) is 4.90 Å². The van der Waals surface area contributed by atoms with Crippen molar-refractivity contribution in [2.45, 2.75) is 205 Å². The number of likely N-dealkylation sites (N-methyl/N-ethyl adjacent to an activating group) is 1. The van der Waals surface area contributed by atoms with Crippen LogP contribution in [0.4, 0.5) is 0 Å². The Kier molecular flexibility index (Phi) is 14.2. The summed E-state index contributed by atoms with van der Waals surface area (Å²) in [5.41, 5.74) is -3.01. The number of nitrogens with zero attached hydrogens (tertiary/aromatic N) is 1. The lowest BCUT2D eigenvalue weighted by Crippen LogP contribution is -2.61. The van der Waals surface area contributed by atoms with Crippen molar-refractivity contribution >= 4 is 5.97 Å². The van der Waals surface area contributed by atoms with Gasteiger partial charge in [-0.1, -0.05) is 27.2 Å². The van der Waals surface area contributed by atoms with Crippen LogP contribution in [0.5, 0.6) is 0 Å². The van der Waals surface area contributed by atoms with E-state index in [4.69, 9.17) is 33.2 Å². The molecule has 17 atom stereocenters. The highest BCUT2D eigenvalue weighted by atomic mass is 16.7. The minimum atomic E-state index is -1.82. The number of carbonyl (C=O) groups excluding carboxylic acids is 1. The topological polar surface area (TPSA) is 166 Å². The number of hydrogen-bond acceptors (Lipinski definition) is 13. The van der Waals surface area contributed by atoms with Crippen LogP contribution in [0.3, 0.4) is 0 Å². The maximum absolute atomic E-state index is 14.3. The minimum Gasteiger partial charge on any atom is -0.489 e. The Bertz CT molecular complexity index is 1280. The van der Waals surface area contributed by atoms with Gasteiger partial charge in [0.05, 0.1) is 35.9 Å². The molecule has 0 saturated carbocycles. The van der Waals surface area contributed by atoms with Crippen LogP contribution >= 0.6 is 0 Å². The highest BCUT2D eigenvalue weighted by molar-refractivity contribution is 5.73. The second kappa shape index (κ2) is 17.0. The lowest BCUT2D eigenvalue weighted by Gasteiger charge is -2.49. The van der Waals surface area contributed by atoms with Gasteiger partial charge in [-0.2, -0.15) is 0 Å². The van der Waals surface area contributed by atoms with Gasteiger partial charge in [-0.05, 0) is 87.8 Å². The molecule has 0 aromatic carbocycles. The van der Waals surface area contributed by atoms with Crippen molar-refractivity contribution in [3.05, 3.63) is 11.3 Å². The van der Waals surface area contributed by atoms with Gasteiger partial charge in [0.25, 0.3) is 0 Å². The van der Waals surface area contributed by atoms with E-state index in [9.17, 15) is 25.2 Å². The molecular formula is C40H71NO12. The van der Waals surface area contributed by atoms with E-state index >= 15 is 0 Å². The van der Waals surface area contributed by atoms with E-state index in [1.165, 1.54) is 14.0 Å². The molecule has 13 heteroatoms. The number of rotatable bonds is 9. The van der Waals surface area contributed by atoms with Gasteiger partial charge >= 0.3 is 5.97 Å². The predicted molar refractivity (Wildman–Crippen MR) is 197 cm³/mol. The molecular weight excluding hydrogens is 686 g/mol. The summed E-state index contributed by atoms with van der Waals surface area (Å²) in [6.45, 7) is 22.4. The van der Waals surface area contributed by atoms with Crippen molar-refractivity contribution in [3.8, 4) is 0 Å².